The van der Waals surface area contributed by atoms with Crippen LogP contribution in [-0.2, 0) is 18.3 Å². The van der Waals surface area contributed by atoms with Crippen LogP contribution in [0.5, 0.6) is 5.75 Å². The summed E-state index contributed by atoms with van der Waals surface area (Å²) in [6.45, 7) is 5.60. The molecule has 2 fully saturated rings. The van der Waals surface area contributed by atoms with Crippen molar-refractivity contribution >= 4 is 0 Å². The van der Waals surface area contributed by atoms with E-state index in [0.717, 1.165) is 30.9 Å². The fraction of sp³-hybridized carbons (Fsp3) is 0.700. The average molecular weight is 299 g/mol. The summed E-state index contributed by atoms with van der Waals surface area (Å²) in [7, 11) is 0. The molecule has 2 N–H and O–H groups in total. The molecule has 4 rings (SSSR count). The zero-order valence-corrected chi connectivity index (χ0v) is 14.0. The summed E-state index contributed by atoms with van der Waals surface area (Å²) in [5, 5.41) is 14.4. The predicted octanol–water partition coefficient (Wildman–Crippen LogP) is 3.94. The largest absolute Gasteiger partial charge is 0.508 e. The molecule has 1 saturated carbocycles. The van der Waals surface area contributed by atoms with Gasteiger partial charge < -0.3 is 10.4 Å². The van der Waals surface area contributed by atoms with Crippen LogP contribution in [0.2, 0.25) is 0 Å². The maximum absolute atomic E-state index is 10.6. The normalized spacial score (nSPS) is 33.4. The molecule has 2 heteroatoms. The predicted molar refractivity (Wildman–Crippen MR) is 90.4 cm³/mol. The highest BCUT2D eigenvalue weighted by Gasteiger charge is 2.51. The lowest BCUT2D eigenvalue weighted by Gasteiger charge is -2.56. The molecule has 2 nitrogen and oxygen atoms in total. The first kappa shape index (κ1) is 14.6. The van der Waals surface area contributed by atoms with Gasteiger partial charge in [0.2, 0.25) is 0 Å². The Kier molecular flexibility index (Phi) is 3.48. The van der Waals surface area contributed by atoms with Crippen LogP contribution in [0, 0.1) is 11.8 Å². The molecule has 0 unspecified atom stereocenters. The van der Waals surface area contributed by atoms with Gasteiger partial charge in [-0.25, -0.2) is 0 Å². The standard InChI is InChI=1S/C20H29NO/c1-13(2)9-15-10-14-11-18-16-5-3-4-6-20(16,7-8-21-18)17(14)12-19(15)22/h10,12-13,16,18,21-22H,3-9,11H2,1-2H3/t16-,18+,20+/m1/s1. The van der Waals surface area contributed by atoms with Gasteiger partial charge in [0, 0.05) is 11.5 Å². The fourth-order valence-electron chi connectivity index (χ4n) is 5.63. The molecule has 2 bridgehead atoms. The molecule has 22 heavy (non-hydrogen) atoms. The Balaban J connectivity index is 1.81. The SMILES string of the molecule is CC(C)Cc1cc2c(cc1O)[C@]13CCCC[C@@H]1[C@H](C2)NCC3. The summed E-state index contributed by atoms with van der Waals surface area (Å²) in [6.07, 6.45) is 8.83. The summed E-state index contributed by atoms with van der Waals surface area (Å²) in [5.74, 6) is 1.92. The van der Waals surface area contributed by atoms with E-state index in [4.69, 9.17) is 0 Å². The first-order valence-corrected chi connectivity index (χ1v) is 9.19. The number of hydrogen-bond acceptors (Lipinski definition) is 2. The molecule has 0 spiro atoms. The Morgan fingerprint density at radius 1 is 1.27 bits per heavy atom. The van der Waals surface area contributed by atoms with E-state index in [1.165, 1.54) is 43.2 Å². The van der Waals surface area contributed by atoms with E-state index in [0.29, 0.717) is 23.1 Å². The second kappa shape index (κ2) is 5.26. The summed E-state index contributed by atoms with van der Waals surface area (Å²) in [6, 6.07) is 5.16. The van der Waals surface area contributed by atoms with Gasteiger partial charge in [0.05, 0.1) is 0 Å². The smallest absolute Gasteiger partial charge is 0.119 e. The van der Waals surface area contributed by atoms with Gasteiger partial charge in [0.25, 0.3) is 0 Å². The molecule has 1 heterocycles. The third-order valence-corrected chi connectivity index (χ3v) is 6.47. The maximum atomic E-state index is 10.6. The molecule has 0 amide bonds. The number of fused-ring (bicyclic) bond motifs is 1. The third-order valence-electron chi connectivity index (χ3n) is 6.47. The van der Waals surface area contributed by atoms with Gasteiger partial charge in [-0.3, -0.25) is 0 Å². The minimum atomic E-state index is 0.357. The van der Waals surface area contributed by atoms with Crippen molar-refractivity contribution < 1.29 is 5.11 Å². The highest BCUT2D eigenvalue weighted by Crippen LogP contribution is 2.54. The van der Waals surface area contributed by atoms with Crippen molar-refractivity contribution in [2.24, 2.45) is 11.8 Å². The number of piperidine rings is 1. The number of phenols is 1. The van der Waals surface area contributed by atoms with Gasteiger partial charge in [-0.05, 0) is 73.2 Å². The van der Waals surface area contributed by atoms with E-state index in [2.05, 4.69) is 31.3 Å². The van der Waals surface area contributed by atoms with Crippen molar-refractivity contribution in [1.29, 1.82) is 0 Å². The number of rotatable bonds is 2. The summed E-state index contributed by atoms with van der Waals surface area (Å²) in [5.41, 5.74) is 4.52. The average Bonchev–Trinajstić information content (AvgIpc) is 2.49. The molecule has 3 atom stereocenters. The molecule has 1 aliphatic heterocycles. The molecule has 2 aliphatic carbocycles. The highest BCUT2D eigenvalue weighted by molar-refractivity contribution is 5.49. The van der Waals surface area contributed by atoms with Gasteiger partial charge in [0.15, 0.2) is 0 Å². The van der Waals surface area contributed by atoms with Crippen LogP contribution < -0.4 is 5.32 Å². The molecule has 1 aromatic carbocycles. The monoisotopic (exact) mass is 299 g/mol. The zero-order chi connectivity index (χ0) is 15.3. The molecular weight excluding hydrogens is 270 g/mol. The third kappa shape index (κ3) is 2.11. The van der Waals surface area contributed by atoms with Gasteiger partial charge in [0.1, 0.15) is 5.75 Å². The van der Waals surface area contributed by atoms with E-state index < -0.39 is 0 Å². The van der Waals surface area contributed by atoms with Crippen LogP contribution >= 0.6 is 0 Å². The van der Waals surface area contributed by atoms with Crippen LogP contribution in [0.1, 0.15) is 62.6 Å². The van der Waals surface area contributed by atoms with Gasteiger partial charge in [-0.1, -0.05) is 32.8 Å². The van der Waals surface area contributed by atoms with Crippen molar-refractivity contribution in [3.05, 3.63) is 28.8 Å². The Hall–Kier alpha value is -1.02. The first-order chi connectivity index (χ1) is 10.6. The lowest BCUT2D eigenvalue weighted by molar-refractivity contribution is 0.0795. The number of benzene rings is 1. The second-order valence-electron chi connectivity index (χ2n) is 8.26. The number of aromatic hydroxyl groups is 1. The van der Waals surface area contributed by atoms with E-state index in [9.17, 15) is 5.11 Å². The van der Waals surface area contributed by atoms with Crippen molar-refractivity contribution in [2.75, 3.05) is 6.54 Å². The minimum absolute atomic E-state index is 0.357. The van der Waals surface area contributed by atoms with Gasteiger partial charge in [-0.15, -0.1) is 0 Å². The topological polar surface area (TPSA) is 32.3 Å². The van der Waals surface area contributed by atoms with E-state index in [1.54, 1.807) is 0 Å². The summed E-state index contributed by atoms with van der Waals surface area (Å²) >= 11 is 0. The molecule has 0 radical (unpaired) electrons. The molecule has 120 valence electrons. The number of phenolic OH excluding ortho intramolecular Hbond substituents is 1. The summed E-state index contributed by atoms with van der Waals surface area (Å²) < 4.78 is 0. The van der Waals surface area contributed by atoms with Crippen molar-refractivity contribution in [3.8, 4) is 5.75 Å². The van der Waals surface area contributed by atoms with E-state index in [1.807, 2.05) is 0 Å². The molecule has 0 aromatic heterocycles. The Labute approximate surface area is 134 Å². The second-order valence-corrected chi connectivity index (χ2v) is 8.26. The Bertz CT molecular complexity index is 575. The van der Waals surface area contributed by atoms with Crippen LogP contribution in [0.25, 0.3) is 0 Å². The molecule has 1 saturated heterocycles. The lowest BCUT2D eigenvalue weighted by atomic mass is 9.52. The number of nitrogens with one attached hydrogen (secondary N) is 1. The Morgan fingerprint density at radius 2 is 2.14 bits per heavy atom. The molecule has 1 aromatic rings. The van der Waals surface area contributed by atoms with Crippen LogP contribution in [0.15, 0.2) is 12.1 Å². The van der Waals surface area contributed by atoms with Crippen molar-refractivity contribution in [2.45, 2.75) is 70.3 Å². The zero-order valence-electron chi connectivity index (χ0n) is 14.0. The van der Waals surface area contributed by atoms with Crippen molar-refractivity contribution in [3.63, 3.8) is 0 Å². The van der Waals surface area contributed by atoms with Gasteiger partial charge >= 0.3 is 0 Å². The Morgan fingerprint density at radius 3 is 2.95 bits per heavy atom. The quantitative estimate of drug-likeness (QED) is 0.867. The van der Waals surface area contributed by atoms with Crippen LogP contribution in [0.4, 0.5) is 0 Å². The van der Waals surface area contributed by atoms with E-state index in [-0.39, 0.29) is 0 Å². The van der Waals surface area contributed by atoms with Crippen molar-refractivity contribution in [1.82, 2.24) is 5.32 Å². The summed E-state index contributed by atoms with van der Waals surface area (Å²) in [4.78, 5) is 0. The molecule has 3 aliphatic rings. The number of hydrogen-bond donors (Lipinski definition) is 2. The van der Waals surface area contributed by atoms with Gasteiger partial charge in [-0.2, -0.15) is 0 Å². The van der Waals surface area contributed by atoms with Crippen LogP contribution in [0.3, 0.4) is 0 Å². The van der Waals surface area contributed by atoms with Crippen LogP contribution in [-0.4, -0.2) is 17.7 Å². The highest BCUT2D eigenvalue weighted by atomic mass is 16.3. The lowest BCUT2D eigenvalue weighted by Crippen LogP contribution is -2.59. The van der Waals surface area contributed by atoms with E-state index >= 15 is 0 Å². The first-order valence-electron chi connectivity index (χ1n) is 9.19. The maximum Gasteiger partial charge on any atom is 0.119 e. The minimum Gasteiger partial charge on any atom is -0.508 e. The fourth-order valence-corrected chi connectivity index (χ4v) is 5.63. The molecular formula is C20H29NO.